The Morgan fingerprint density at radius 3 is 2.15 bits per heavy atom. The lowest BCUT2D eigenvalue weighted by Crippen LogP contribution is -1.95. The number of hydrogen-bond acceptors (Lipinski definition) is 2. The van der Waals surface area contributed by atoms with Crippen LogP contribution in [0.5, 0.6) is 11.5 Å². The zero-order chi connectivity index (χ0) is 9.52. The summed E-state index contributed by atoms with van der Waals surface area (Å²) in [5.41, 5.74) is 0. The van der Waals surface area contributed by atoms with Crippen LogP contribution in [-0.2, 0) is 8.93 Å². The minimum Gasteiger partial charge on any atom is -0.494 e. The third-order valence-electron chi connectivity index (χ3n) is 1.41. The number of benzene rings is 1. The normalized spacial score (nSPS) is 9.69. The summed E-state index contributed by atoms with van der Waals surface area (Å²) in [5, 5.41) is 0. The molecule has 0 aliphatic rings. The smallest absolute Gasteiger partial charge is 0.253 e. The van der Waals surface area contributed by atoms with Gasteiger partial charge in [-0.25, -0.2) is 0 Å². The highest BCUT2D eigenvalue weighted by molar-refractivity contribution is 14.2. The fourth-order valence-corrected chi connectivity index (χ4v) is 1.51. The summed E-state index contributed by atoms with van der Waals surface area (Å²) in [5.74, 6) is 2.52. The van der Waals surface area contributed by atoms with Crippen LogP contribution >= 0.6 is 21.2 Å². The van der Waals surface area contributed by atoms with E-state index in [9.17, 15) is 0 Å². The number of halogens is 1. The second-order valence-electron chi connectivity index (χ2n) is 2.30. The molecular formula is C9H12IO2S+. The molecule has 0 unspecified atom stereocenters. The van der Waals surface area contributed by atoms with Gasteiger partial charge in [0, 0.05) is 0 Å². The van der Waals surface area contributed by atoms with Crippen LogP contribution in [0.15, 0.2) is 24.3 Å². The average molecular weight is 311 g/mol. The minimum absolute atomic E-state index is 0.701. The molecule has 0 heterocycles. The first-order valence-corrected chi connectivity index (χ1v) is 7.86. The monoisotopic (exact) mass is 311 g/mol. The van der Waals surface area contributed by atoms with E-state index in [0.29, 0.717) is 6.61 Å². The van der Waals surface area contributed by atoms with Crippen molar-refractivity contribution in [2.24, 2.45) is 0 Å². The first kappa shape index (κ1) is 11.0. The van der Waals surface area contributed by atoms with Gasteiger partial charge in [-0.2, -0.15) is 0 Å². The fourth-order valence-electron chi connectivity index (χ4n) is 0.898. The maximum Gasteiger partial charge on any atom is 0.253 e. The van der Waals surface area contributed by atoms with E-state index in [1.807, 2.05) is 31.2 Å². The Morgan fingerprint density at radius 1 is 1.15 bits per heavy atom. The number of thiol groups is 1. The lowest BCUT2D eigenvalue weighted by Gasteiger charge is -2.03. The molecule has 0 fully saturated rings. The molecule has 72 valence electrons. The lowest BCUT2D eigenvalue weighted by atomic mass is 10.3. The molecule has 1 aromatic rings. The van der Waals surface area contributed by atoms with E-state index in [1.54, 1.807) is 0 Å². The van der Waals surface area contributed by atoms with Crippen molar-refractivity contribution in [3.63, 3.8) is 0 Å². The average Bonchev–Trinajstić information content (AvgIpc) is 2.17. The van der Waals surface area contributed by atoms with E-state index in [0.717, 1.165) is 17.4 Å². The van der Waals surface area contributed by atoms with Crippen molar-refractivity contribution in [1.29, 1.82) is 0 Å². The molecule has 0 aliphatic carbocycles. The molecule has 0 spiro atoms. The molecule has 0 N–H and O–H groups in total. The van der Waals surface area contributed by atoms with Crippen molar-refractivity contribution in [1.82, 2.24) is 0 Å². The van der Waals surface area contributed by atoms with Gasteiger partial charge in [-0.1, -0.05) is 0 Å². The van der Waals surface area contributed by atoms with Crippen molar-refractivity contribution in [3.8, 4) is 11.5 Å². The van der Waals surface area contributed by atoms with Crippen molar-refractivity contribution in [3.05, 3.63) is 24.3 Å². The van der Waals surface area contributed by atoms with Crippen LogP contribution in [0, 0.1) is 0 Å². The van der Waals surface area contributed by atoms with Crippen molar-refractivity contribution in [2.45, 2.75) is 6.92 Å². The molecule has 0 aliphatic heterocycles. The molecule has 0 amide bonds. The van der Waals surface area contributed by atoms with E-state index < -0.39 is 0 Å². The molecule has 2 nitrogen and oxygen atoms in total. The van der Waals surface area contributed by atoms with Gasteiger partial charge in [-0.3, -0.25) is 0 Å². The highest BCUT2D eigenvalue weighted by Crippen LogP contribution is 2.17. The number of hydrogen-bond donors (Lipinski definition) is 0. The predicted octanol–water partition coefficient (Wildman–Crippen LogP) is 2.59. The Labute approximate surface area is 94.6 Å². The van der Waals surface area contributed by atoms with E-state index in [4.69, 9.17) is 9.47 Å². The van der Waals surface area contributed by atoms with Crippen LogP contribution in [0.1, 0.15) is 6.92 Å². The van der Waals surface area contributed by atoms with Crippen LogP contribution < -0.4 is 9.47 Å². The molecule has 0 saturated carbocycles. The SMILES string of the molecule is CCOc1ccc(OC[SH+]I)cc1. The van der Waals surface area contributed by atoms with E-state index in [2.05, 4.69) is 21.2 Å². The molecule has 0 bridgehead atoms. The highest BCUT2D eigenvalue weighted by Gasteiger charge is 1.96. The second-order valence-corrected chi connectivity index (χ2v) is 4.84. The Kier molecular flexibility index (Phi) is 5.38. The van der Waals surface area contributed by atoms with Gasteiger partial charge >= 0.3 is 0 Å². The van der Waals surface area contributed by atoms with Gasteiger partial charge < -0.3 is 9.47 Å². The highest BCUT2D eigenvalue weighted by atomic mass is 127. The standard InChI is InChI=1S/C9H11IO2S/c1-2-11-8-3-5-9(6-4-8)12-7-13-10/h3-6H,2,7H2,1H3/p+1. The van der Waals surface area contributed by atoms with Gasteiger partial charge in [0.1, 0.15) is 11.5 Å². The third-order valence-corrected chi connectivity index (χ3v) is 2.48. The maximum absolute atomic E-state index is 5.41. The zero-order valence-electron chi connectivity index (χ0n) is 7.37. The van der Waals surface area contributed by atoms with Crippen LogP contribution in [0.25, 0.3) is 0 Å². The molecule has 0 atom stereocenters. The van der Waals surface area contributed by atoms with Crippen LogP contribution in [0.3, 0.4) is 0 Å². The molecule has 1 rings (SSSR count). The summed E-state index contributed by atoms with van der Waals surface area (Å²) in [6.45, 7) is 2.67. The first-order chi connectivity index (χ1) is 6.36. The van der Waals surface area contributed by atoms with E-state index in [-0.39, 0.29) is 0 Å². The summed E-state index contributed by atoms with van der Waals surface area (Å²) in [7, 11) is 1.21. The quantitative estimate of drug-likeness (QED) is 0.473. The Balaban J connectivity index is 2.48. The first-order valence-electron chi connectivity index (χ1n) is 4.00. The van der Waals surface area contributed by atoms with Gasteiger partial charge in [0.25, 0.3) is 27.1 Å². The van der Waals surface area contributed by atoms with E-state index in [1.165, 1.54) is 8.93 Å². The lowest BCUT2D eigenvalue weighted by molar-refractivity contribution is 0.338. The Bertz CT molecular complexity index is 238. The summed E-state index contributed by atoms with van der Waals surface area (Å²) in [6.07, 6.45) is 0. The molecule has 4 heteroatoms. The summed E-state index contributed by atoms with van der Waals surface area (Å²) in [6, 6.07) is 7.69. The topological polar surface area (TPSA) is 18.5 Å². The zero-order valence-corrected chi connectivity index (χ0v) is 10.4. The fraction of sp³-hybridized carbons (Fsp3) is 0.333. The summed E-state index contributed by atoms with van der Waals surface area (Å²) >= 11 is 2.26. The molecule has 1 aromatic carbocycles. The molecule has 13 heavy (non-hydrogen) atoms. The van der Waals surface area contributed by atoms with Crippen LogP contribution in [-0.4, -0.2) is 12.5 Å². The van der Waals surface area contributed by atoms with Gasteiger partial charge in [-0.05, 0) is 31.2 Å². The van der Waals surface area contributed by atoms with Crippen LogP contribution in [0.2, 0.25) is 0 Å². The van der Waals surface area contributed by atoms with Gasteiger partial charge in [0.15, 0.2) is 0 Å². The third kappa shape index (κ3) is 4.08. The van der Waals surface area contributed by atoms with E-state index >= 15 is 0 Å². The summed E-state index contributed by atoms with van der Waals surface area (Å²) < 4.78 is 10.7. The second kappa shape index (κ2) is 6.37. The van der Waals surface area contributed by atoms with Crippen molar-refractivity contribution >= 4 is 30.1 Å². The largest absolute Gasteiger partial charge is 0.494 e. The molecular weight excluding hydrogens is 299 g/mol. The van der Waals surface area contributed by atoms with Crippen molar-refractivity contribution < 1.29 is 9.47 Å². The summed E-state index contributed by atoms with van der Waals surface area (Å²) in [4.78, 5) is 0. The van der Waals surface area contributed by atoms with Gasteiger partial charge in [0.2, 0.25) is 0 Å². The van der Waals surface area contributed by atoms with Gasteiger partial charge in [0.05, 0.1) is 15.5 Å². The Hall–Kier alpha value is -0.100. The van der Waals surface area contributed by atoms with Gasteiger partial charge in [-0.15, -0.1) is 0 Å². The van der Waals surface area contributed by atoms with Crippen LogP contribution in [0.4, 0.5) is 0 Å². The Morgan fingerprint density at radius 2 is 1.69 bits per heavy atom. The maximum atomic E-state index is 5.41. The molecule has 0 saturated heterocycles. The number of rotatable bonds is 5. The molecule has 0 aromatic heterocycles. The number of ether oxygens (including phenoxy) is 2. The predicted molar refractivity (Wildman–Crippen MR) is 65.9 cm³/mol. The van der Waals surface area contributed by atoms with Crippen molar-refractivity contribution in [2.75, 3.05) is 12.5 Å². The minimum atomic E-state index is 0.701. The molecule has 0 radical (unpaired) electrons.